The highest BCUT2D eigenvalue weighted by atomic mass is 32.1. The third-order valence-electron chi connectivity index (χ3n) is 7.07. The molecule has 8 nitrogen and oxygen atoms in total. The Morgan fingerprint density at radius 1 is 1.07 bits per heavy atom. The molecule has 1 saturated heterocycles. The highest BCUT2D eigenvalue weighted by molar-refractivity contribution is 7.80. The number of aromatic nitrogens is 2. The lowest BCUT2D eigenvalue weighted by Gasteiger charge is -2.28. The van der Waals surface area contributed by atoms with E-state index in [1.54, 1.807) is 24.4 Å². The van der Waals surface area contributed by atoms with Crippen LogP contribution in [-0.4, -0.2) is 43.1 Å². The van der Waals surface area contributed by atoms with E-state index in [-0.39, 0.29) is 35.8 Å². The van der Waals surface area contributed by atoms with Crippen molar-refractivity contribution in [2.75, 3.05) is 11.9 Å². The quantitative estimate of drug-likeness (QED) is 0.252. The van der Waals surface area contributed by atoms with Gasteiger partial charge in [0.15, 0.2) is 5.11 Å². The number of nitrogens with zero attached hydrogens (tertiary/aromatic N) is 3. The Hall–Kier alpha value is -4.57. The molecule has 40 heavy (non-hydrogen) atoms. The van der Waals surface area contributed by atoms with Crippen LogP contribution in [-0.2, 0) is 4.79 Å². The molecule has 10 heteroatoms. The summed E-state index contributed by atoms with van der Waals surface area (Å²) in [4.78, 5) is 31.4. The van der Waals surface area contributed by atoms with Gasteiger partial charge in [-0.15, -0.1) is 0 Å². The van der Waals surface area contributed by atoms with Crippen LogP contribution in [0, 0.1) is 19.7 Å². The molecule has 3 N–H and O–H groups in total. The van der Waals surface area contributed by atoms with Gasteiger partial charge in [0.05, 0.1) is 29.0 Å². The van der Waals surface area contributed by atoms with E-state index < -0.39 is 5.97 Å². The predicted molar refractivity (Wildman–Crippen MR) is 154 cm³/mol. The van der Waals surface area contributed by atoms with E-state index in [1.165, 1.54) is 24.3 Å². The monoisotopic (exact) mass is 557 g/mol. The largest absolute Gasteiger partial charge is 0.478 e. The number of nitrogens with one attached hydrogen (secondary N) is 2. The topological polar surface area (TPSA) is 99.5 Å². The first-order chi connectivity index (χ1) is 19.2. The molecule has 0 bridgehead atoms. The van der Waals surface area contributed by atoms with Crippen LogP contribution in [0.1, 0.15) is 51.5 Å². The van der Waals surface area contributed by atoms with Gasteiger partial charge in [0.2, 0.25) is 5.91 Å². The predicted octanol–water partition coefficient (Wildman–Crippen LogP) is 5.33. The average molecular weight is 558 g/mol. The Bertz CT molecular complexity index is 1570. The second-order valence-corrected chi connectivity index (χ2v) is 10.00. The number of aryl methyl sites for hydroxylation is 1. The number of thiocarbonyl (C=S) groups is 1. The van der Waals surface area contributed by atoms with Crippen LogP contribution in [0.4, 0.5) is 10.1 Å². The minimum absolute atomic E-state index is 0.144. The number of benzene rings is 2. The zero-order valence-electron chi connectivity index (χ0n) is 22.0. The van der Waals surface area contributed by atoms with Gasteiger partial charge in [-0.3, -0.25) is 9.78 Å². The molecule has 2 atom stereocenters. The lowest BCUT2D eigenvalue weighted by atomic mass is 9.96. The van der Waals surface area contributed by atoms with Crippen molar-refractivity contribution in [1.29, 1.82) is 0 Å². The number of hydrogen-bond donors (Lipinski definition) is 3. The molecule has 5 rings (SSSR count). The molecule has 0 spiro atoms. The lowest BCUT2D eigenvalue weighted by molar-refractivity contribution is -0.116. The molecule has 1 amide bonds. The SMILES string of the molecule is Cc1cc([C@@H]2[C@H](c3ccccn3)NC(=S)N2CCC(=O)Nc2ccc(F)cc2)c(C)n1-c1ccccc1C(=O)O. The first-order valence-electron chi connectivity index (χ1n) is 12.8. The van der Waals surface area contributed by atoms with E-state index in [2.05, 4.69) is 15.6 Å². The van der Waals surface area contributed by atoms with E-state index in [4.69, 9.17) is 12.2 Å². The number of para-hydroxylation sites is 1. The van der Waals surface area contributed by atoms with E-state index in [0.717, 1.165) is 22.6 Å². The maximum absolute atomic E-state index is 13.3. The number of rotatable bonds is 8. The third-order valence-corrected chi connectivity index (χ3v) is 7.42. The van der Waals surface area contributed by atoms with Gasteiger partial charge in [0.25, 0.3) is 0 Å². The summed E-state index contributed by atoms with van der Waals surface area (Å²) in [7, 11) is 0. The van der Waals surface area contributed by atoms with Crippen molar-refractivity contribution in [3.8, 4) is 5.69 Å². The summed E-state index contributed by atoms with van der Waals surface area (Å²) in [6.45, 7) is 4.21. The molecule has 204 valence electrons. The molecule has 1 aliphatic rings. The van der Waals surface area contributed by atoms with Gasteiger partial charge in [-0.2, -0.15) is 0 Å². The first-order valence-corrected chi connectivity index (χ1v) is 13.2. The Labute approximate surface area is 236 Å². The van der Waals surface area contributed by atoms with Gasteiger partial charge in [-0.05, 0) is 86.2 Å². The van der Waals surface area contributed by atoms with Crippen molar-refractivity contribution >= 4 is 34.9 Å². The summed E-state index contributed by atoms with van der Waals surface area (Å²) in [5.74, 6) is -1.61. The second kappa shape index (κ2) is 11.3. The van der Waals surface area contributed by atoms with Gasteiger partial charge < -0.3 is 25.2 Å². The maximum Gasteiger partial charge on any atom is 0.337 e. The molecule has 2 aromatic carbocycles. The summed E-state index contributed by atoms with van der Waals surface area (Å²) in [6, 6.07) is 19.6. The Balaban J connectivity index is 1.50. The van der Waals surface area contributed by atoms with Gasteiger partial charge in [-0.25, -0.2) is 9.18 Å². The van der Waals surface area contributed by atoms with Gasteiger partial charge in [0, 0.05) is 36.2 Å². The van der Waals surface area contributed by atoms with Gasteiger partial charge in [-0.1, -0.05) is 18.2 Å². The molecule has 3 heterocycles. The van der Waals surface area contributed by atoms with Crippen LogP contribution in [0.2, 0.25) is 0 Å². The van der Waals surface area contributed by atoms with Crippen molar-refractivity contribution in [3.63, 3.8) is 0 Å². The van der Waals surface area contributed by atoms with E-state index in [1.807, 2.05) is 53.6 Å². The molecule has 0 saturated carbocycles. The minimum atomic E-state index is -1.01. The first kappa shape index (κ1) is 27.0. The standard InChI is InChI=1S/C30H28FN5O3S/c1-18-17-23(19(2)36(18)25-9-4-3-7-22(25)29(38)39)28-27(24-8-5-6-15-32-24)34-30(40)35(28)16-14-26(37)33-21-12-10-20(31)11-13-21/h3-13,15,17,27-28H,14,16H2,1-2H3,(H,33,37)(H,34,40)(H,38,39)/t27-,28+/m0/s1. The molecule has 0 aliphatic carbocycles. The van der Waals surface area contributed by atoms with Crippen molar-refractivity contribution in [2.45, 2.75) is 32.4 Å². The fraction of sp³-hybridized carbons (Fsp3) is 0.200. The van der Waals surface area contributed by atoms with Crippen LogP contribution in [0.15, 0.2) is 79.0 Å². The molecule has 0 radical (unpaired) electrons. The zero-order chi connectivity index (χ0) is 28.4. The summed E-state index contributed by atoms with van der Waals surface area (Å²) in [5, 5.41) is 16.5. The van der Waals surface area contributed by atoms with Crippen LogP contribution < -0.4 is 10.6 Å². The number of anilines is 1. The lowest BCUT2D eigenvalue weighted by Crippen LogP contribution is -2.32. The number of carbonyl (C=O) groups is 2. The highest BCUT2D eigenvalue weighted by Crippen LogP contribution is 2.41. The number of pyridine rings is 1. The van der Waals surface area contributed by atoms with Crippen molar-refractivity contribution in [3.05, 3.63) is 113 Å². The summed E-state index contributed by atoms with van der Waals surface area (Å²) in [6.07, 6.45) is 1.87. The van der Waals surface area contributed by atoms with E-state index in [0.29, 0.717) is 23.0 Å². The van der Waals surface area contributed by atoms with Crippen LogP contribution >= 0.6 is 12.2 Å². The minimum Gasteiger partial charge on any atom is -0.478 e. The fourth-order valence-electron chi connectivity index (χ4n) is 5.27. The third kappa shape index (κ3) is 5.30. The summed E-state index contributed by atoms with van der Waals surface area (Å²) < 4.78 is 15.2. The smallest absolute Gasteiger partial charge is 0.337 e. The van der Waals surface area contributed by atoms with Crippen molar-refractivity contribution in [1.82, 2.24) is 19.8 Å². The van der Waals surface area contributed by atoms with Crippen LogP contribution in [0.3, 0.4) is 0 Å². The van der Waals surface area contributed by atoms with Crippen molar-refractivity contribution in [2.24, 2.45) is 0 Å². The van der Waals surface area contributed by atoms with Gasteiger partial charge >= 0.3 is 5.97 Å². The molecule has 2 aromatic heterocycles. The van der Waals surface area contributed by atoms with Gasteiger partial charge in [0.1, 0.15) is 5.82 Å². The Morgan fingerprint density at radius 3 is 2.50 bits per heavy atom. The molecule has 1 aliphatic heterocycles. The maximum atomic E-state index is 13.3. The number of hydrogen-bond acceptors (Lipinski definition) is 4. The summed E-state index contributed by atoms with van der Waals surface area (Å²) >= 11 is 5.75. The Morgan fingerprint density at radius 2 is 1.80 bits per heavy atom. The van der Waals surface area contributed by atoms with Crippen molar-refractivity contribution < 1.29 is 19.1 Å². The number of halogens is 1. The highest BCUT2D eigenvalue weighted by Gasteiger charge is 2.41. The second-order valence-electron chi connectivity index (χ2n) is 9.61. The van der Waals surface area contributed by atoms with Crippen LogP contribution in [0.5, 0.6) is 0 Å². The Kier molecular flexibility index (Phi) is 7.61. The molecule has 4 aromatic rings. The van der Waals surface area contributed by atoms with E-state index >= 15 is 0 Å². The average Bonchev–Trinajstić information content (AvgIpc) is 3.43. The number of carboxylic acids is 1. The molecular formula is C30H28FN5O3S. The number of carboxylic acid groups (broad SMARTS) is 1. The van der Waals surface area contributed by atoms with Crippen LogP contribution in [0.25, 0.3) is 5.69 Å². The van der Waals surface area contributed by atoms with E-state index in [9.17, 15) is 19.1 Å². The molecular weight excluding hydrogens is 529 g/mol. The molecule has 1 fully saturated rings. The number of aromatic carboxylic acids is 1. The number of amides is 1. The zero-order valence-corrected chi connectivity index (χ0v) is 22.8. The summed E-state index contributed by atoms with van der Waals surface area (Å²) in [5.41, 5.74) is 4.76. The number of carbonyl (C=O) groups excluding carboxylic acids is 1. The fourth-order valence-corrected chi connectivity index (χ4v) is 5.60. The molecule has 0 unspecified atom stereocenters. The normalized spacial score (nSPS) is 16.6.